The summed E-state index contributed by atoms with van der Waals surface area (Å²) < 4.78 is 34.4. The number of fused-ring (bicyclic) bond motifs is 1. The van der Waals surface area contributed by atoms with Crippen LogP contribution in [0.5, 0.6) is 11.5 Å². The van der Waals surface area contributed by atoms with Crippen LogP contribution in [-0.2, 0) is 14.6 Å². The van der Waals surface area contributed by atoms with E-state index in [9.17, 15) is 18.0 Å². The molecule has 10 nitrogen and oxygen atoms in total. The lowest BCUT2D eigenvalue weighted by Gasteiger charge is -2.20. The summed E-state index contributed by atoms with van der Waals surface area (Å²) in [5.41, 5.74) is 0.545. The molecule has 0 fully saturated rings. The van der Waals surface area contributed by atoms with Gasteiger partial charge in [-0.15, -0.1) is 5.10 Å². The Bertz CT molecular complexity index is 1470. The summed E-state index contributed by atoms with van der Waals surface area (Å²) in [5.74, 6) is -1.33. The van der Waals surface area contributed by atoms with E-state index in [1.165, 1.54) is 24.3 Å². The van der Waals surface area contributed by atoms with Crippen LogP contribution < -0.4 is 9.47 Å². The van der Waals surface area contributed by atoms with Crippen LogP contribution in [0.25, 0.3) is 6.08 Å². The molecule has 1 N–H and O–H groups in total. The van der Waals surface area contributed by atoms with Crippen LogP contribution >= 0.6 is 23.4 Å². The lowest BCUT2D eigenvalue weighted by atomic mass is 10.1. The van der Waals surface area contributed by atoms with Gasteiger partial charge in [-0.3, -0.25) is 10.2 Å². The maximum absolute atomic E-state index is 12.6. The summed E-state index contributed by atoms with van der Waals surface area (Å²) in [7, 11) is -3.63. The first kappa shape index (κ1) is 24.6. The van der Waals surface area contributed by atoms with Gasteiger partial charge in [-0.25, -0.2) is 13.2 Å². The molecule has 0 spiro atoms. The van der Waals surface area contributed by atoms with Crippen molar-refractivity contribution in [1.82, 2.24) is 5.01 Å². The van der Waals surface area contributed by atoms with Crippen LogP contribution in [0.15, 0.2) is 58.1 Å². The molecule has 35 heavy (non-hydrogen) atoms. The fraction of sp³-hybridized carbons (Fsp3) is 0.136. The van der Waals surface area contributed by atoms with Crippen LogP contribution in [0.4, 0.5) is 0 Å². The highest BCUT2D eigenvalue weighted by atomic mass is 35.5. The second-order valence-corrected chi connectivity index (χ2v) is 10.7. The number of nitrogens with one attached hydrogen (secondary N) is 1. The van der Waals surface area contributed by atoms with Crippen molar-refractivity contribution in [3.63, 3.8) is 0 Å². The second-order valence-electron chi connectivity index (χ2n) is 7.17. The van der Waals surface area contributed by atoms with E-state index in [-0.39, 0.29) is 49.6 Å². The Morgan fingerprint density at radius 2 is 1.97 bits per heavy atom. The van der Waals surface area contributed by atoms with E-state index in [0.29, 0.717) is 17.3 Å². The molecule has 2 aliphatic heterocycles. The molecule has 0 saturated carbocycles. The number of hydrogen-bond acceptors (Lipinski definition) is 9. The number of ether oxygens (including phenoxy) is 2. The standard InChI is InChI=1S/C22H17ClN4O6S2/c1-3-32-17-11-12(8-9-16(17)33-20(29)13-6-4-5-7-15(13)23)10-14-18(24)27-21(25-19(14)28)34-22(26-27)35(2,30)31/h4-11,24H,3H2,1-2H3. The molecule has 0 aliphatic carbocycles. The zero-order valence-electron chi connectivity index (χ0n) is 18.3. The Labute approximate surface area is 209 Å². The average Bonchev–Trinajstić information content (AvgIpc) is 3.23. The molecule has 0 saturated heterocycles. The van der Waals surface area contributed by atoms with Gasteiger partial charge in [0.2, 0.25) is 19.4 Å². The number of nitrogens with zero attached hydrogens (tertiary/aromatic N) is 3. The van der Waals surface area contributed by atoms with Crippen LogP contribution in [0, 0.1) is 5.41 Å². The summed E-state index contributed by atoms with van der Waals surface area (Å²) in [6, 6.07) is 11.1. The zero-order valence-corrected chi connectivity index (χ0v) is 20.7. The number of halogens is 1. The highest BCUT2D eigenvalue weighted by Gasteiger charge is 2.38. The summed E-state index contributed by atoms with van der Waals surface area (Å²) in [5, 5.41) is 13.5. The number of carbonyl (C=O) groups is 2. The minimum Gasteiger partial charge on any atom is -0.490 e. The number of hydrazone groups is 1. The molecule has 0 unspecified atom stereocenters. The fourth-order valence-corrected chi connectivity index (χ4v) is 4.94. The van der Waals surface area contributed by atoms with Crippen molar-refractivity contribution >= 4 is 66.5 Å². The third-order valence-electron chi connectivity index (χ3n) is 4.63. The van der Waals surface area contributed by atoms with E-state index in [1.807, 2.05) is 0 Å². The van der Waals surface area contributed by atoms with Crippen molar-refractivity contribution in [2.45, 2.75) is 6.92 Å². The second kappa shape index (κ2) is 9.64. The first-order chi connectivity index (χ1) is 16.6. The lowest BCUT2D eigenvalue weighted by Crippen LogP contribution is -2.35. The van der Waals surface area contributed by atoms with Crippen molar-refractivity contribution in [3.8, 4) is 11.5 Å². The summed E-state index contributed by atoms with van der Waals surface area (Å²) in [6.45, 7) is 2.02. The maximum atomic E-state index is 12.6. The van der Waals surface area contributed by atoms with Gasteiger partial charge in [-0.1, -0.05) is 29.8 Å². The van der Waals surface area contributed by atoms with Gasteiger partial charge in [-0.05, 0) is 54.6 Å². The third kappa shape index (κ3) is 5.14. The molecule has 0 aromatic heterocycles. The third-order valence-corrected chi connectivity index (χ3v) is 7.54. The molecule has 4 rings (SSSR count). The largest absolute Gasteiger partial charge is 0.490 e. The van der Waals surface area contributed by atoms with E-state index in [1.54, 1.807) is 31.2 Å². The number of rotatable bonds is 5. The number of carbonyl (C=O) groups excluding carboxylic acids is 2. The normalized spacial score (nSPS) is 16.7. The van der Waals surface area contributed by atoms with E-state index in [0.717, 1.165) is 11.3 Å². The maximum Gasteiger partial charge on any atom is 0.345 e. The fourth-order valence-electron chi connectivity index (χ4n) is 3.04. The molecule has 2 aromatic rings. The quantitative estimate of drug-likeness (QED) is 0.350. The van der Waals surface area contributed by atoms with Crippen molar-refractivity contribution in [2.75, 3.05) is 12.9 Å². The van der Waals surface area contributed by atoms with Gasteiger partial charge in [0, 0.05) is 6.26 Å². The highest BCUT2D eigenvalue weighted by molar-refractivity contribution is 8.42. The van der Waals surface area contributed by atoms with Crippen molar-refractivity contribution in [1.29, 1.82) is 5.41 Å². The first-order valence-corrected chi connectivity index (χ1v) is 13.1. The molecule has 1 amide bonds. The number of benzene rings is 2. The smallest absolute Gasteiger partial charge is 0.345 e. The molecule has 0 bridgehead atoms. The molecule has 2 aromatic carbocycles. The van der Waals surface area contributed by atoms with Gasteiger partial charge >= 0.3 is 5.97 Å². The van der Waals surface area contributed by atoms with E-state index >= 15 is 0 Å². The molecular weight excluding hydrogens is 516 g/mol. The Hall–Kier alpha value is -3.48. The van der Waals surface area contributed by atoms with E-state index < -0.39 is 21.7 Å². The van der Waals surface area contributed by atoms with Crippen LogP contribution in [0.3, 0.4) is 0 Å². The number of hydrogen-bond donors (Lipinski definition) is 1. The van der Waals surface area contributed by atoms with E-state index in [2.05, 4.69) is 10.1 Å². The van der Waals surface area contributed by atoms with Crippen molar-refractivity contribution < 1.29 is 27.5 Å². The number of amidine groups is 2. The van der Waals surface area contributed by atoms with Crippen molar-refractivity contribution in [3.05, 3.63) is 64.2 Å². The molecule has 13 heteroatoms. The van der Waals surface area contributed by atoms with Gasteiger partial charge in [0.05, 0.1) is 22.8 Å². The highest BCUT2D eigenvalue weighted by Crippen LogP contribution is 2.33. The van der Waals surface area contributed by atoms with Gasteiger partial charge in [0.25, 0.3) is 5.91 Å². The van der Waals surface area contributed by atoms with Gasteiger partial charge < -0.3 is 9.47 Å². The molecule has 2 heterocycles. The average molecular weight is 533 g/mol. The SMILES string of the molecule is CCOc1cc(C=C2C(=N)N3N=C(S(C)(=O)=O)SC3=NC2=O)ccc1OC(=O)c1ccccc1Cl. The van der Waals surface area contributed by atoms with Crippen molar-refractivity contribution in [2.24, 2.45) is 10.1 Å². The predicted molar refractivity (Wildman–Crippen MR) is 134 cm³/mol. The predicted octanol–water partition coefficient (Wildman–Crippen LogP) is 3.58. The monoisotopic (exact) mass is 532 g/mol. The Kier molecular flexibility index (Phi) is 6.79. The minimum absolute atomic E-state index is 0.00517. The van der Waals surface area contributed by atoms with Crippen LogP contribution in [0.1, 0.15) is 22.8 Å². The number of sulfone groups is 1. The molecule has 0 atom stereocenters. The van der Waals surface area contributed by atoms with Gasteiger partial charge in [0.15, 0.2) is 17.3 Å². The minimum atomic E-state index is -3.63. The van der Waals surface area contributed by atoms with Gasteiger partial charge in [-0.2, -0.15) is 10.0 Å². The Morgan fingerprint density at radius 3 is 2.66 bits per heavy atom. The van der Waals surface area contributed by atoms with Gasteiger partial charge in [0.1, 0.15) is 0 Å². The van der Waals surface area contributed by atoms with E-state index in [4.69, 9.17) is 26.5 Å². The topological polar surface area (TPSA) is 139 Å². The lowest BCUT2D eigenvalue weighted by molar-refractivity contribution is -0.114. The summed E-state index contributed by atoms with van der Waals surface area (Å²) in [4.78, 5) is 29.0. The number of aliphatic imine (C=N–C) groups is 1. The molecule has 180 valence electrons. The summed E-state index contributed by atoms with van der Waals surface area (Å²) >= 11 is 6.77. The molecule has 2 aliphatic rings. The van der Waals surface area contributed by atoms with Crippen LogP contribution in [-0.4, -0.2) is 53.5 Å². The molecule has 0 radical (unpaired) electrons. The Morgan fingerprint density at radius 1 is 1.23 bits per heavy atom. The first-order valence-electron chi connectivity index (χ1n) is 10.0. The molecular formula is C22H17ClN4O6S2. The van der Waals surface area contributed by atoms with Crippen LogP contribution in [0.2, 0.25) is 5.02 Å². The Balaban J connectivity index is 1.64. The number of thioether (sulfide) groups is 1. The zero-order chi connectivity index (χ0) is 25.3. The number of esters is 1. The number of amides is 1. The summed E-state index contributed by atoms with van der Waals surface area (Å²) in [6.07, 6.45) is 2.38.